The van der Waals surface area contributed by atoms with Crippen LogP contribution >= 0.6 is 11.8 Å². The van der Waals surface area contributed by atoms with Crippen molar-refractivity contribution in [3.63, 3.8) is 0 Å². The molecule has 0 saturated heterocycles. The van der Waals surface area contributed by atoms with Gasteiger partial charge in [0.1, 0.15) is 11.6 Å². The van der Waals surface area contributed by atoms with Crippen molar-refractivity contribution in [1.29, 1.82) is 0 Å². The highest BCUT2D eigenvalue weighted by molar-refractivity contribution is 7.98. The normalized spacial score (nSPS) is 10.9. The molecule has 0 atom stereocenters. The average Bonchev–Trinajstić information content (AvgIpc) is 3.03. The topological polar surface area (TPSA) is 39.9 Å². The summed E-state index contributed by atoms with van der Waals surface area (Å²) in [7, 11) is 1.95. The lowest BCUT2D eigenvalue weighted by molar-refractivity contribution is 0.309. The summed E-state index contributed by atoms with van der Waals surface area (Å²) in [4.78, 5) is 0. The van der Waals surface area contributed by atoms with E-state index in [1.165, 1.54) is 12.1 Å². The Labute approximate surface area is 157 Å². The van der Waals surface area contributed by atoms with Crippen molar-refractivity contribution in [1.82, 2.24) is 14.8 Å². The predicted molar refractivity (Wildman–Crippen MR) is 103 cm³/mol. The molecule has 3 aromatic rings. The van der Waals surface area contributed by atoms with Gasteiger partial charge in [0.05, 0.1) is 6.61 Å². The fourth-order valence-corrected chi connectivity index (χ4v) is 3.32. The van der Waals surface area contributed by atoms with Crippen LogP contribution in [0.4, 0.5) is 4.39 Å². The number of thioether (sulfide) groups is 1. The van der Waals surface area contributed by atoms with Gasteiger partial charge in [-0.3, -0.25) is 0 Å². The molecule has 136 valence electrons. The molecule has 1 heterocycles. The molecule has 0 amide bonds. The summed E-state index contributed by atoms with van der Waals surface area (Å²) < 4.78 is 20.6. The molecule has 0 aliphatic carbocycles. The van der Waals surface area contributed by atoms with Gasteiger partial charge in [-0.25, -0.2) is 4.39 Å². The first-order valence-electron chi connectivity index (χ1n) is 8.67. The van der Waals surface area contributed by atoms with E-state index in [2.05, 4.69) is 17.1 Å². The molecule has 0 spiro atoms. The summed E-state index contributed by atoms with van der Waals surface area (Å²) in [6.07, 6.45) is 2.18. The van der Waals surface area contributed by atoms with Gasteiger partial charge >= 0.3 is 0 Å². The molecule has 0 fully saturated rings. The molecule has 2 aromatic carbocycles. The summed E-state index contributed by atoms with van der Waals surface area (Å²) in [6, 6.07) is 14.5. The van der Waals surface area contributed by atoms with Crippen LogP contribution in [-0.4, -0.2) is 21.4 Å². The van der Waals surface area contributed by atoms with Crippen molar-refractivity contribution in [3.05, 3.63) is 59.9 Å². The van der Waals surface area contributed by atoms with Crippen LogP contribution in [0.15, 0.2) is 53.7 Å². The van der Waals surface area contributed by atoms with Gasteiger partial charge < -0.3 is 9.30 Å². The molecular formula is C20H22FN3OS. The fourth-order valence-electron chi connectivity index (χ4n) is 2.46. The van der Waals surface area contributed by atoms with Gasteiger partial charge in [0.25, 0.3) is 0 Å². The van der Waals surface area contributed by atoms with Gasteiger partial charge in [0.2, 0.25) is 0 Å². The molecule has 0 bridgehead atoms. The van der Waals surface area contributed by atoms with Crippen LogP contribution in [-0.2, 0) is 12.8 Å². The Balaban J connectivity index is 1.65. The number of hydrogen-bond acceptors (Lipinski definition) is 4. The second kappa shape index (κ2) is 8.85. The number of benzene rings is 2. The molecule has 6 heteroatoms. The van der Waals surface area contributed by atoms with Crippen molar-refractivity contribution < 1.29 is 9.13 Å². The molecule has 4 nitrogen and oxygen atoms in total. The summed E-state index contributed by atoms with van der Waals surface area (Å²) in [5.74, 6) is 2.18. The van der Waals surface area contributed by atoms with E-state index in [9.17, 15) is 4.39 Å². The molecule has 1 aromatic heterocycles. The number of rotatable bonds is 8. The SMILES string of the molecule is CCCCOc1ccc(-c2nnc(SCc3ccc(F)cc3)n2C)cc1. The van der Waals surface area contributed by atoms with Crippen LogP contribution in [0.5, 0.6) is 5.75 Å². The lowest BCUT2D eigenvalue weighted by Crippen LogP contribution is -1.97. The zero-order valence-corrected chi connectivity index (χ0v) is 15.8. The minimum Gasteiger partial charge on any atom is -0.494 e. The van der Waals surface area contributed by atoms with Crippen LogP contribution in [0.1, 0.15) is 25.3 Å². The Kier molecular flexibility index (Phi) is 6.28. The Morgan fingerprint density at radius 2 is 1.77 bits per heavy atom. The van der Waals surface area contributed by atoms with Crippen LogP contribution in [0.25, 0.3) is 11.4 Å². The summed E-state index contributed by atoms with van der Waals surface area (Å²) in [5, 5.41) is 9.41. The molecule has 0 saturated carbocycles. The predicted octanol–water partition coefficient (Wildman–Crippen LogP) is 5.09. The van der Waals surface area contributed by atoms with E-state index in [0.717, 1.165) is 53.1 Å². The fraction of sp³-hybridized carbons (Fsp3) is 0.300. The summed E-state index contributed by atoms with van der Waals surface area (Å²) in [6.45, 7) is 2.89. The first-order valence-corrected chi connectivity index (χ1v) is 9.66. The highest BCUT2D eigenvalue weighted by atomic mass is 32.2. The minimum absolute atomic E-state index is 0.221. The van der Waals surface area contributed by atoms with Crippen molar-refractivity contribution in [2.24, 2.45) is 7.05 Å². The molecule has 0 unspecified atom stereocenters. The van der Waals surface area contributed by atoms with Gasteiger partial charge in [-0.2, -0.15) is 0 Å². The van der Waals surface area contributed by atoms with Crippen LogP contribution < -0.4 is 4.74 Å². The highest BCUT2D eigenvalue weighted by Crippen LogP contribution is 2.26. The monoisotopic (exact) mass is 371 g/mol. The first kappa shape index (κ1) is 18.5. The zero-order valence-electron chi connectivity index (χ0n) is 15.0. The van der Waals surface area contributed by atoms with E-state index in [0.29, 0.717) is 0 Å². The number of aromatic nitrogens is 3. The van der Waals surface area contributed by atoms with Crippen molar-refractivity contribution in [3.8, 4) is 17.1 Å². The second-order valence-corrected chi connectivity index (χ2v) is 6.95. The maximum atomic E-state index is 13.0. The quantitative estimate of drug-likeness (QED) is 0.408. The van der Waals surface area contributed by atoms with E-state index in [4.69, 9.17) is 4.74 Å². The van der Waals surface area contributed by atoms with E-state index in [1.807, 2.05) is 35.9 Å². The number of unbranched alkanes of at least 4 members (excludes halogenated alkanes) is 1. The van der Waals surface area contributed by atoms with Gasteiger partial charge in [-0.1, -0.05) is 37.2 Å². The Bertz CT molecular complexity index is 831. The third-order valence-electron chi connectivity index (χ3n) is 4.00. The van der Waals surface area contributed by atoms with Crippen LogP contribution in [0.2, 0.25) is 0 Å². The van der Waals surface area contributed by atoms with Gasteiger partial charge in [-0.15, -0.1) is 10.2 Å². The van der Waals surface area contributed by atoms with E-state index in [-0.39, 0.29) is 5.82 Å². The second-order valence-electron chi connectivity index (χ2n) is 6.01. The molecule has 26 heavy (non-hydrogen) atoms. The summed E-state index contributed by atoms with van der Waals surface area (Å²) in [5.41, 5.74) is 2.05. The third kappa shape index (κ3) is 4.64. The number of hydrogen-bond donors (Lipinski definition) is 0. The standard InChI is InChI=1S/C20H22FN3OS/c1-3-4-13-25-18-11-7-16(8-12-18)19-22-23-20(24(19)2)26-14-15-5-9-17(21)10-6-15/h5-12H,3-4,13-14H2,1-2H3. The Morgan fingerprint density at radius 3 is 2.46 bits per heavy atom. The maximum Gasteiger partial charge on any atom is 0.191 e. The molecular weight excluding hydrogens is 349 g/mol. The van der Waals surface area contributed by atoms with E-state index in [1.54, 1.807) is 23.9 Å². The largest absolute Gasteiger partial charge is 0.494 e. The van der Waals surface area contributed by atoms with E-state index < -0.39 is 0 Å². The number of ether oxygens (including phenoxy) is 1. The molecule has 0 aliphatic rings. The lowest BCUT2D eigenvalue weighted by Gasteiger charge is -2.07. The first-order chi connectivity index (χ1) is 12.7. The maximum absolute atomic E-state index is 13.0. The number of halogens is 1. The third-order valence-corrected chi connectivity index (χ3v) is 5.09. The van der Waals surface area contributed by atoms with Crippen molar-refractivity contribution >= 4 is 11.8 Å². The highest BCUT2D eigenvalue weighted by Gasteiger charge is 2.11. The van der Waals surface area contributed by atoms with E-state index >= 15 is 0 Å². The van der Waals surface area contributed by atoms with Gasteiger partial charge in [0, 0.05) is 18.4 Å². The number of nitrogens with zero attached hydrogens (tertiary/aromatic N) is 3. The van der Waals surface area contributed by atoms with Crippen LogP contribution in [0, 0.1) is 5.82 Å². The van der Waals surface area contributed by atoms with Crippen molar-refractivity contribution in [2.75, 3.05) is 6.61 Å². The molecule has 0 radical (unpaired) electrons. The Morgan fingerprint density at radius 1 is 1.04 bits per heavy atom. The smallest absolute Gasteiger partial charge is 0.191 e. The Hall–Kier alpha value is -2.34. The van der Waals surface area contributed by atoms with Crippen molar-refractivity contribution in [2.45, 2.75) is 30.7 Å². The zero-order chi connectivity index (χ0) is 18.4. The van der Waals surface area contributed by atoms with Gasteiger partial charge in [0.15, 0.2) is 11.0 Å². The molecule has 3 rings (SSSR count). The minimum atomic E-state index is -0.221. The van der Waals surface area contributed by atoms with Crippen LogP contribution in [0.3, 0.4) is 0 Å². The molecule has 0 N–H and O–H groups in total. The molecule has 0 aliphatic heterocycles. The summed E-state index contributed by atoms with van der Waals surface area (Å²) >= 11 is 1.58. The average molecular weight is 371 g/mol. The lowest BCUT2D eigenvalue weighted by atomic mass is 10.2. The van der Waals surface area contributed by atoms with Gasteiger partial charge in [-0.05, 0) is 48.4 Å².